The van der Waals surface area contributed by atoms with Crippen molar-refractivity contribution >= 4 is 35.6 Å². The van der Waals surface area contributed by atoms with Crippen LogP contribution in [0.15, 0.2) is 29.3 Å². The summed E-state index contributed by atoms with van der Waals surface area (Å²) in [7, 11) is 3.32. The second-order valence-electron chi connectivity index (χ2n) is 6.54. The van der Waals surface area contributed by atoms with Gasteiger partial charge in [-0.25, -0.2) is 0 Å². The molecule has 0 atom stereocenters. The smallest absolute Gasteiger partial charge is 0.195 e. The lowest BCUT2D eigenvalue weighted by atomic mass is 10.3. The molecule has 0 radical (unpaired) electrons. The van der Waals surface area contributed by atoms with Crippen LogP contribution >= 0.6 is 24.0 Å². The molecule has 1 aromatic rings. The van der Waals surface area contributed by atoms with Crippen molar-refractivity contribution in [3.05, 3.63) is 24.3 Å². The predicted octanol–water partition coefficient (Wildman–Crippen LogP) is 3.17. The molecule has 0 aliphatic heterocycles. The van der Waals surface area contributed by atoms with Crippen molar-refractivity contribution in [3.63, 3.8) is 0 Å². The van der Waals surface area contributed by atoms with Gasteiger partial charge in [0.05, 0.1) is 39.1 Å². The molecule has 0 bridgehead atoms. The Morgan fingerprint density at radius 1 is 0.900 bits per heavy atom. The van der Waals surface area contributed by atoms with Crippen LogP contribution in [-0.4, -0.2) is 79.0 Å². The molecule has 0 saturated carbocycles. The Hall–Kier alpha value is -1.14. The average molecular weight is 539 g/mol. The summed E-state index contributed by atoms with van der Waals surface area (Å²) in [5, 5.41) is 6.60. The first-order valence-corrected chi connectivity index (χ1v) is 10.1. The molecule has 174 valence electrons. The van der Waals surface area contributed by atoms with Crippen molar-refractivity contribution in [2.75, 3.05) is 72.3 Å². The van der Waals surface area contributed by atoms with E-state index in [1.54, 1.807) is 14.2 Å². The van der Waals surface area contributed by atoms with Crippen LogP contribution < -0.4 is 15.4 Å². The number of hydrogen-bond donors (Lipinski definition) is 2. The highest BCUT2D eigenvalue weighted by Gasteiger charge is 2.02. The second kappa shape index (κ2) is 19.8. The summed E-state index contributed by atoms with van der Waals surface area (Å²) in [6, 6.07) is 7.82. The number of hydrogen-bond acceptors (Lipinski definition) is 6. The molecule has 0 heterocycles. The minimum atomic E-state index is 0. The molecule has 9 heteroatoms. The van der Waals surface area contributed by atoms with E-state index in [9.17, 15) is 0 Å². The van der Waals surface area contributed by atoms with Crippen molar-refractivity contribution in [1.82, 2.24) is 5.32 Å². The highest BCUT2D eigenvalue weighted by atomic mass is 127. The summed E-state index contributed by atoms with van der Waals surface area (Å²) >= 11 is 0. The molecule has 1 rings (SSSR count). The minimum Gasteiger partial charge on any atom is -0.491 e. The van der Waals surface area contributed by atoms with Gasteiger partial charge in [-0.05, 0) is 44.5 Å². The van der Waals surface area contributed by atoms with Gasteiger partial charge < -0.3 is 34.3 Å². The second-order valence-corrected chi connectivity index (χ2v) is 6.54. The van der Waals surface area contributed by atoms with Crippen LogP contribution in [0.25, 0.3) is 0 Å². The van der Waals surface area contributed by atoms with Crippen LogP contribution in [0.3, 0.4) is 0 Å². The van der Waals surface area contributed by atoms with Gasteiger partial charge in [-0.15, -0.1) is 24.0 Å². The molecule has 0 spiro atoms. The normalized spacial score (nSPS) is 11.3. The highest BCUT2D eigenvalue weighted by Crippen LogP contribution is 2.16. The Bertz CT molecular complexity index is 544. The molecule has 8 nitrogen and oxygen atoms in total. The number of rotatable bonds is 16. The van der Waals surface area contributed by atoms with Crippen LogP contribution in [0.1, 0.15) is 20.3 Å². The Kier molecular flexibility index (Phi) is 19.0. The maximum Gasteiger partial charge on any atom is 0.195 e. The quantitative estimate of drug-likeness (QED) is 0.145. The molecule has 1 aromatic carbocycles. The van der Waals surface area contributed by atoms with Gasteiger partial charge in [0, 0.05) is 39.6 Å². The van der Waals surface area contributed by atoms with Crippen molar-refractivity contribution in [3.8, 4) is 5.75 Å². The third-order valence-electron chi connectivity index (χ3n) is 3.61. The number of benzene rings is 1. The first-order valence-electron chi connectivity index (χ1n) is 10.1. The number of methoxy groups -OCH3 is 2. The largest absolute Gasteiger partial charge is 0.491 e. The van der Waals surface area contributed by atoms with E-state index < -0.39 is 0 Å². The first kappa shape index (κ1) is 28.9. The molecule has 2 N–H and O–H groups in total. The molecule has 0 fully saturated rings. The van der Waals surface area contributed by atoms with Gasteiger partial charge in [-0.3, -0.25) is 4.99 Å². The monoisotopic (exact) mass is 539 g/mol. The van der Waals surface area contributed by atoms with Crippen molar-refractivity contribution in [1.29, 1.82) is 0 Å². The zero-order valence-electron chi connectivity index (χ0n) is 18.6. The fraction of sp³-hybridized carbons (Fsp3) is 0.667. The zero-order valence-corrected chi connectivity index (χ0v) is 21.0. The third-order valence-corrected chi connectivity index (χ3v) is 3.61. The van der Waals surface area contributed by atoms with E-state index in [1.807, 2.05) is 38.1 Å². The Morgan fingerprint density at radius 2 is 1.53 bits per heavy atom. The SMILES string of the molecule is COCCOCCCN=C(NCCOCCOC)Nc1ccc(OC(C)C)cc1.I. The van der Waals surface area contributed by atoms with Gasteiger partial charge >= 0.3 is 0 Å². The summed E-state index contributed by atoms with van der Waals surface area (Å²) in [6.45, 7) is 8.93. The Balaban J connectivity index is 0.00000841. The Morgan fingerprint density at radius 3 is 2.13 bits per heavy atom. The number of anilines is 1. The van der Waals surface area contributed by atoms with Crippen molar-refractivity contribution in [2.24, 2.45) is 4.99 Å². The van der Waals surface area contributed by atoms with Crippen LogP contribution in [0.5, 0.6) is 5.75 Å². The molecular weight excluding hydrogens is 501 g/mol. The fourth-order valence-corrected chi connectivity index (χ4v) is 2.25. The van der Waals surface area contributed by atoms with Gasteiger partial charge in [-0.2, -0.15) is 0 Å². The van der Waals surface area contributed by atoms with Gasteiger partial charge in [0.15, 0.2) is 5.96 Å². The van der Waals surface area contributed by atoms with Gasteiger partial charge in [0.25, 0.3) is 0 Å². The van der Waals surface area contributed by atoms with E-state index in [0.29, 0.717) is 58.7 Å². The molecule has 0 aliphatic carbocycles. The maximum absolute atomic E-state index is 5.68. The molecule has 0 amide bonds. The van der Waals surface area contributed by atoms with Gasteiger partial charge in [-0.1, -0.05) is 0 Å². The van der Waals surface area contributed by atoms with E-state index in [4.69, 9.17) is 23.7 Å². The first-order chi connectivity index (χ1) is 14.2. The lowest BCUT2D eigenvalue weighted by Gasteiger charge is -2.14. The van der Waals surface area contributed by atoms with Crippen LogP contribution in [0.2, 0.25) is 0 Å². The Labute approximate surface area is 198 Å². The minimum absolute atomic E-state index is 0. The van der Waals surface area contributed by atoms with Crippen LogP contribution in [0.4, 0.5) is 5.69 Å². The van der Waals surface area contributed by atoms with Gasteiger partial charge in [0.2, 0.25) is 0 Å². The standard InChI is InChI=1S/C21H37N3O5.HI/c1-18(2)29-20-8-6-19(7-9-20)24-21(23-11-13-28-17-15-26-4)22-10-5-12-27-16-14-25-3;/h6-9,18H,5,10-17H2,1-4H3,(H2,22,23,24);1H. The molecule has 0 unspecified atom stereocenters. The molecule has 0 aliphatic rings. The summed E-state index contributed by atoms with van der Waals surface area (Å²) in [5.74, 6) is 1.55. The van der Waals surface area contributed by atoms with Crippen molar-refractivity contribution < 1.29 is 23.7 Å². The number of nitrogens with one attached hydrogen (secondary N) is 2. The van der Waals surface area contributed by atoms with Crippen LogP contribution in [-0.2, 0) is 18.9 Å². The fourth-order valence-electron chi connectivity index (χ4n) is 2.25. The summed E-state index contributed by atoms with van der Waals surface area (Å²) in [6.07, 6.45) is 0.985. The predicted molar refractivity (Wildman–Crippen MR) is 132 cm³/mol. The zero-order chi connectivity index (χ0) is 21.2. The van der Waals surface area contributed by atoms with Gasteiger partial charge in [0.1, 0.15) is 5.75 Å². The average Bonchev–Trinajstić information content (AvgIpc) is 2.70. The third kappa shape index (κ3) is 15.7. The van der Waals surface area contributed by atoms with Crippen LogP contribution in [0, 0.1) is 0 Å². The maximum atomic E-state index is 5.68. The molecule has 0 aromatic heterocycles. The molecule has 0 saturated heterocycles. The number of aliphatic imine (C=N–C) groups is 1. The summed E-state index contributed by atoms with van der Waals surface area (Å²) in [5.41, 5.74) is 0.934. The number of halogens is 1. The summed E-state index contributed by atoms with van der Waals surface area (Å²) < 4.78 is 26.6. The lowest BCUT2D eigenvalue weighted by Crippen LogP contribution is -2.34. The van der Waals surface area contributed by atoms with E-state index in [1.165, 1.54) is 0 Å². The highest BCUT2D eigenvalue weighted by molar-refractivity contribution is 14.0. The number of nitrogens with zero attached hydrogens (tertiary/aromatic N) is 1. The molecule has 30 heavy (non-hydrogen) atoms. The number of ether oxygens (including phenoxy) is 5. The number of guanidine groups is 1. The topological polar surface area (TPSA) is 82.6 Å². The lowest BCUT2D eigenvalue weighted by molar-refractivity contribution is 0.0702. The van der Waals surface area contributed by atoms with E-state index in [2.05, 4.69) is 15.6 Å². The summed E-state index contributed by atoms with van der Waals surface area (Å²) in [4.78, 5) is 4.61. The van der Waals surface area contributed by atoms with E-state index in [0.717, 1.165) is 17.9 Å². The van der Waals surface area contributed by atoms with E-state index in [-0.39, 0.29) is 30.1 Å². The van der Waals surface area contributed by atoms with E-state index >= 15 is 0 Å². The molecular formula is C21H38IN3O5. The van der Waals surface area contributed by atoms with Crippen molar-refractivity contribution in [2.45, 2.75) is 26.4 Å².